The Balaban J connectivity index is 1.36. The highest BCUT2D eigenvalue weighted by Crippen LogP contribution is 2.35. The van der Waals surface area contributed by atoms with Crippen LogP contribution in [-0.4, -0.2) is 99.1 Å². The van der Waals surface area contributed by atoms with Crippen LogP contribution in [0, 0.1) is 0 Å². The third-order valence-electron chi connectivity index (χ3n) is 7.11. The van der Waals surface area contributed by atoms with Crippen molar-refractivity contribution in [3.63, 3.8) is 0 Å². The van der Waals surface area contributed by atoms with Gasteiger partial charge in [-0.1, -0.05) is 0 Å². The van der Waals surface area contributed by atoms with Crippen LogP contribution in [0.2, 0.25) is 0 Å². The topological polar surface area (TPSA) is 78.0 Å². The highest BCUT2D eigenvalue weighted by Gasteiger charge is 2.20. The average molecular weight is 470 g/mol. The molecule has 0 spiro atoms. The molecule has 0 radical (unpaired) electrons. The molecule has 9 heteroatoms. The number of hydrogen-bond acceptors (Lipinski definition) is 9. The number of ether oxygens (including phenoxy) is 2. The molecule has 3 aliphatic heterocycles. The molecule has 186 valence electrons. The van der Waals surface area contributed by atoms with Crippen molar-refractivity contribution in [3.05, 3.63) is 12.1 Å². The molecular formula is C25H39N7O2. The largest absolute Gasteiger partial charge is 0.493 e. The standard InChI is InChI=1S/C25H39N7O2/c1-33-22-17-20-21(18-23(22)34-16-6-11-30-9-2-3-10-30)28-25(32-12-4-5-13-32)29-24(20)27-19-31-14-7-26-8-15-31/h17-18,26H,2-16,19H2,1H3,(H,27,28,29). The summed E-state index contributed by atoms with van der Waals surface area (Å²) >= 11 is 0. The number of hydrogen-bond donors (Lipinski definition) is 2. The van der Waals surface area contributed by atoms with E-state index in [-0.39, 0.29) is 0 Å². The van der Waals surface area contributed by atoms with Gasteiger partial charge in [0.25, 0.3) is 0 Å². The number of methoxy groups -OCH3 is 1. The Labute approximate surface area is 202 Å². The minimum absolute atomic E-state index is 0.677. The molecule has 0 atom stereocenters. The molecule has 3 saturated heterocycles. The van der Waals surface area contributed by atoms with E-state index in [0.717, 1.165) is 93.1 Å². The first-order valence-electron chi connectivity index (χ1n) is 13.0. The zero-order valence-corrected chi connectivity index (χ0v) is 20.5. The normalized spacial score (nSPS) is 19.7. The second kappa shape index (κ2) is 11.4. The van der Waals surface area contributed by atoms with E-state index in [1.807, 2.05) is 12.1 Å². The lowest BCUT2D eigenvalue weighted by Gasteiger charge is -2.28. The van der Waals surface area contributed by atoms with Crippen LogP contribution in [0.4, 0.5) is 11.8 Å². The van der Waals surface area contributed by atoms with E-state index in [0.29, 0.717) is 6.61 Å². The summed E-state index contributed by atoms with van der Waals surface area (Å²) in [5, 5.41) is 7.98. The first kappa shape index (κ1) is 23.4. The molecule has 3 fully saturated rings. The molecule has 2 N–H and O–H groups in total. The molecule has 1 aromatic carbocycles. The lowest BCUT2D eigenvalue weighted by molar-refractivity contribution is 0.254. The monoisotopic (exact) mass is 469 g/mol. The van der Waals surface area contributed by atoms with Gasteiger partial charge in [-0.2, -0.15) is 4.98 Å². The molecule has 3 aliphatic rings. The number of fused-ring (bicyclic) bond motifs is 1. The average Bonchev–Trinajstić information content (AvgIpc) is 3.60. The van der Waals surface area contributed by atoms with Gasteiger partial charge in [0.2, 0.25) is 5.95 Å². The Hall–Kier alpha value is -2.36. The maximum atomic E-state index is 6.20. The third kappa shape index (κ3) is 5.64. The fourth-order valence-electron chi connectivity index (χ4n) is 5.12. The second-order valence-corrected chi connectivity index (χ2v) is 9.54. The summed E-state index contributed by atoms with van der Waals surface area (Å²) in [6.45, 7) is 11.1. The van der Waals surface area contributed by atoms with Crippen molar-refractivity contribution in [2.45, 2.75) is 32.1 Å². The van der Waals surface area contributed by atoms with Crippen LogP contribution in [0.1, 0.15) is 32.1 Å². The molecule has 0 bridgehead atoms. The van der Waals surface area contributed by atoms with E-state index >= 15 is 0 Å². The van der Waals surface area contributed by atoms with E-state index in [4.69, 9.17) is 19.4 Å². The van der Waals surface area contributed by atoms with E-state index in [9.17, 15) is 0 Å². The van der Waals surface area contributed by atoms with Gasteiger partial charge in [-0.15, -0.1) is 0 Å². The summed E-state index contributed by atoms with van der Waals surface area (Å²) in [6.07, 6.45) is 6.05. The maximum absolute atomic E-state index is 6.20. The van der Waals surface area contributed by atoms with Gasteiger partial charge in [0, 0.05) is 57.3 Å². The van der Waals surface area contributed by atoms with Crippen molar-refractivity contribution in [2.75, 3.05) is 89.5 Å². The molecule has 0 amide bonds. The predicted molar refractivity (Wildman–Crippen MR) is 136 cm³/mol. The Morgan fingerprint density at radius 1 is 0.912 bits per heavy atom. The molecule has 0 aliphatic carbocycles. The van der Waals surface area contributed by atoms with Crippen LogP contribution in [0.25, 0.3) is 10.9 Å². The lowest BCUT2D eigenvalue weighted by atomic mass is 10.2. The minimum Gasteiger partial charge on any atom is -0.493 e. The number of piperazine rings is 1. The number of aromatic nitrogens is 2. The SMILES string of the molecule is COc1cc2c(NCN3CCNCC3)nc(N3CCCC3)nc2cc1OCCCN1CCCC1. The molecule has 2 aromatic rings. The summed E-state index contributed by atoms with van der Waals surface area (Å²) in [5.41, 5.74) is 0.898. The van der Waals surface area contributed by atoms with Gasteiger partial charge in [0.05, 0.1) is 25.9 Å². The maximum Gasteiger partial charge on any atom is 0.227 e. The van der Waals surface area contributed by atoms with Crippen molar-refractivity contribution < 1.29 is 9.47 Å². The van der Waals surface area contributed by atoms with Gasteiger partial charge >= 0.3 is 0 Å². The minimum atomic E-state index is 0.677. The number of nitrogens with one attached hydrogen (secondary N) is 2. The van der Waals surface area contributed by atoms with Crippen LogP contribution in [0.3, 0.4) is 0 Å². The highest BCUT2D eigenvalue weighted by atomic mass is 16.5. The molecule has 4 heterocycles. The zero-order valence-electron chi connectivity index (χ0n) is 20.5. The number of rotatable bonds is 10. The first-order chi connectivity index (χ1) is 16.8. The van der Waals surface area contributed by atoms with Crippen LogP contribution < -0.4 is 25.0 Å². The fraction of sp³-hybridized carbons (Fsp3) is 0.680. The van der Waals surface area contributed by atoms with E-state index in [1.54, 1.807) is 7.11 Å². The summed E-state index contributed by atoms with van der Waals surface area (Å²) in [6, 6.07) is 4.06. The van der Waals surface area contributed by atoms with Crippen LogP contribution in [0.5, 0.6) is 11.5 Å². The van der Waals surface area contributed by atoms with Gasteiger partial charge in [-0.25, -0.2) is 4.98 Å². The van der Waals surface area contributed by atoms with Crippen molar-refractivity contribution in [3.8, 4) is 11.5 Å². The number of benzene rings is 1. The third-order valence-corrected chi connectivity index (χ3v) is 7.11. The van der Waals surface area contributed by atoms with E-state index < -0.39 is 0 Å². The first-order valence-corrected chi connectivity index (χ1v) is 13.0. The molecular weight excluding hydrogens is 430 g/mol. The summed E-state index contributed by atoms with van der Waals surface area (Å²) in [5.74, 6) is 3.16. The Morgan fingerprint density at radius 3 is 2.44 bits per heavy atom. The lowest BCUT2D eigenvalue weighted by Crippen LogP contribution is -2.45. The van der Waals surface area contributed by atoms with Gasteiger partial charge in [0.1, 0.15) is 5.82 Å². The van der Waals surface area contributed by atoms with Gasteiger partial charge in [-0.05, 0) is 51.3 Å². The van der Waals surface area contributed by atoms with Gasteiger partial charge < -0.3 is 29.9 Å². The van der Waals surface area contributed by atoms with Crippen molar-refractivity contribution in [1.82, 2.24) is 25.1 Å². The molecule has 9 nitrogen and oxygen atoms in total. The molecule has 1 aromatic heterocycles. The molecule has 0 unspecified atom stereocenters. The fourth-order valence-corrected chi connectivity index (χ4v) is 5.12. The Morgan fingerprint density at radius 2 is 1.68 bits per heavy atom. The Bertz CT molecular complexity index is 938. The van der Waals surface area contributed by atoms with Crippen molar-refractivity contribution in [1.29, 1.82) is 0 Å². The smallest absolute Gasteiger partial charge is 0.227 e. The van der Waals surface area contributed by atoms with Crippen LogP contribution in [-0.2, 0) is 0 Å². The van der Waals surface area contributed by atoms with Crippen molar-refractivity contribution in [2.24, 2.45) is 0 Å². The predicted octanol–water partition coefficient (Wildman–Crippen LogP) is 2.38. The van der Waals surface area contributed by atoms with Crippen LogP contribution in [0.15, 0.2) is 12.1 Å². The van der Waals surface area contributed by atoms with Gasteiger partial charge in [-0.3, -0.25) is 4.90 Å². The zero-order chi connectivity index (χ0) is 23.2. The quantitative estimate of drug-likeness (QED) is 0.510. The number of nitrogens with zero attached hydrogens (tertiary/aromatic N) is 5. The van der Waals surface area contributed by atoms with Gasteiger partial charge in [0.15, 0.2) is 11.5 Å². The molecule has 0 saturated carbocycles. The number of anilines is 2. The second-order valence-electron chi connectivity index (χ2n) is 9.54. The summed E-state index contributed by atoms with van der Waals surface area (Å²) < 4.78 is 11.9. The molecule has 5 rings (SSSR count). The Kier molecular flexibility index (Phi) is 7.83. The van der Waals surface area contributed by atoms with E-state index in [1.165, 1.54) is 38.8 Å². The highest BCUT2D eigenvalue weighted by molar-refractivity contribution is 5.92. The summed E-state index contributed by atoms with van der Waals surface area (Å²) in [7, 11) is 1.70. The summed E-state index contributed by atoms with van der Waals surface area (Å²) in [4.78, 5) is 17.1. The van der Waals surface area contributed by atoms with E-state index in [2.05, 4.69) is 25.3 Å². The van der Waals surface area contributed by atoms with Crippen molar-refractivity contribution >= 4 is 22.7 Å². The number of likely N-dealkylation sites (tertiary alicyclic amines) is 1. The van der Waals surface area contributed by atoms with Crippen LogP contribution >= 0.6 is 0 Å². The molecule has 34 heavy (non-hydrogen) atoms.